The number of nitrogen functional groups attached to an aromatic ring is 1. The molecule has 100 valence electrons. The van der Waals surface area contributed by atoms with E-state index in [2.05, 4.69) is 5.32 Å². The second-order valence-corrected chi connectivity index (χ2v) is 4.96. The van der Waals surface area contributed by atoms with Crippen LogP contribution in [0.5, 0.6) is 5.75 Å². The molecule has 1 aliphatic heterocycles. The van der Waals surface area contributed by atoms with Crippen molar-refractivity contribution in [3.63, 3.8) is 0 Å². The zero-order valence-corrected chi connectivity index (χ0v) is 11.1. The molecule has 0 saturated heterocycles. The third kappa shape index (κ3) is 2.10. The monoisotopic (exact) mass is 286 g/mol. The molecule has 2 aromatic carbocycles. The summed E-state index contributed by atoms with van der Waals surface area (Å²) >= 11 is 5.90. The van der Waals surface area contributed by atoms with Gasteiger partial charge in [0.15, 0.2) is 0 Å². The van der Waals surface area contributed by atoms with Gasteiger partial charge in [-0.3, -0.25) is 4.79 Å². The minimum Gasteiger partial charge on any atom is -0.507 e. The lowest BCUT2D eigenvalue weighted by atomic mass is 10.0. The van der Waals surface area contributed by atoms with Gasteiger partial charge in [-0.25, -0.2) is 0 Å². The minimum absolute atomic E-state index is 0.0681. The number of carbonyl (C=O) groups is 1. The van der Waals surface area contributed by atoms with Crippen molar-refractivity contribution in [2.45, 2.75) is 0 Å². The van der Waals surface area contributed by atoms with Crippen LogP contribution < -0.4 is 11.1 Å². The molecule has 0 atom stereocenters. The van der Waals surface area contributed by atoms with E-state index in [4.69, 9.17) is 17.3 Å². The van der Waals surface area contributed by atoms with Crippen molar-refractivity contribution in [3.8, 4) is 5.75 Å². The highest BCUT2D eigenvalue weighted by atomic mass is 35.5. The molecule has 0 unspecified atom stereocenters. The van der Waals surface area contributed by atoms with Crippen LogP contribution in [0.3, 0.4) is 0 Å². The predicted molar refractivity (Wildman–Crippen MR) is 80.5 cm³/mol. The second-order valence-electron chi connectivity index (χ2n) is 4.52. The van der Waals surface area contributed by atoms with Gasteiger partial charge in [-0.05, 0) is 36.4 Å². The number of fused-ring (bicyclic) bond motifs is 1. The summed E-state index contributed by atoms with van der Waals surface area (Å²) in [5, 5.41) is 13.1. The van der Waals surface area contributed by atoms with Gasteiger partial charge in [0, 0.05) is 27.4 Å². The van der Waals surface area contributed by atoms with Crippen LogP contribution >= 0.6 is 11.6 Å². The average molecular weight is 287 g/mol. The average Bonchev–Trinajstić information content (AvgIpc) is 2.69. The number of aromatic hydroxyl groups is 1. The molecule has 0 aromatic heterocycles. The van der Waals surface area contributed by atoms with Crippen molar-refractivity contribution >= 4 is 40.5 Å². The predicted octanol–water partition coefficient (Wildman–Crippen LogP) is 3.12. The van der Waals surface area contributed by atoms with Crippen LogP contribution in [0.2, 0.25) is 5.02 Å². The summed E-state index contributed by atoms with van der Waals surface area (Å²) in [5.41, 5.74) is 8.66. The van der Waals surface area contributed by atoms with E-state index in [9.17, 15) is 9.90 Å². The second kappa shape index (κ2) is 4.58. The number of rotatable bonds is 1. The van der Waals surface area contributed by atoms with Crippen LogP contribution in [0.15, 0.2) is 36.4 Å². The fraction of sp³-hybridized carbons (Fsp3) is 0. The molecule has 0 saturated carbocycles. The van der Waals surface area contributed by atoms with Crippen molar-refractivity contribution in [2.24, 2.45) is 0 Å². The molecule has 3 rings (SSSR count). The zero-order valence-electron chi connectivity index (χ0n) is 10.4. The number of benzene rings is 2. The summed E-state index contributed by atoms with van der Waals surface area (Å²) in [4.78, 5) is 12.0. The van der Waals surface area contributed by atoms with Crippen LogP contribution in [-0.4, -0.2) is 11.0 Å². The molecule has 0 bridgehead atoms. The Morgan fingerprint density at radius 2 is 2.00 bits per heavy atom. The number of anilines is 2. The molecule has 0 radical (unpaired) electrons. The molecule has 0 spiro atoms. The molecule has 1 amide bonds. The molecular formula is C15H11ClN2O2. The van der Waals surface area contributed by atoms with E-state index in [0.29, 0.717) is 27.5 Å². The van der Waals surface area contributed by atoms with Gasteiger partial charge in [0.2, 0.25) is 0 Å². The van der Waals surface area contributed by atoms with Crippen molar-refractivity contribution < 1.29 is 9.90 Å². The third-order valence-electron chi connectivity index (χ3n) is 3.12. The van der Waals surface area contributed by atoms with E-state index < -0.39 is 0 Å². The van der Waals surface area contributed by atoms with Gasteiger partial charge in [-0.2, -0.15) is 0 Å². The van der Waals surface area contributed by atoms with E-state index in [1.54, 1.807) is 36.4 Å². The molecular weight excluding hydrogens is 276 g/mol. The van der Waals surface area contributed by atoms with Gasteiger partial charge < -0.3 is 16.2 Å². The molecule has 4 nitrogen and oxygen atoms in total. The lowest BCUT2D eigenvalue weighted by molar-refractivity contribution is -0.110. The van der Waals surface area contributed by atoms with Crippen molar-refractivity contribution in [3.05, 3.63) is 52.5 Å². The maximum atomic E-state index is 12.0. The van der Waals surface area contributed by atoms with E-state index in [1.807, 2.05) is 0 Å². The topological polar surface area (TPSA) is 75.3 Å². The number of halogens is 1. The van der Waals surface area contributed by atoms with Crippen LogP contribution in [0.1, 0.15) is 11.1 Å². The van der Waals surface area contributed by atoms with Gasteiger partial charge in [0.25, 0.3) is 5.91 Å². The van der Waals surface area contributed by atoms with Crippen molar-refractivity contribution in [1.82, 2.24) is 0 Å². The standard InChI is InChI=1S/C15H11ClN2O2/c16-9-1-4-14(19)8(5-9)6-12-11-3-2-10(17)7-13(11)18-15(12)20/h1-7,19H,17H2,(H,18,20). The van der Waals surface area contributed by atoms with Crippen LogP contribution in [-0.2, 0) is 4.79 Å². The lowest BCUT2D eigenvalue weighted by Gasteiger charge is -2.02. The van der Waals surface area contributed by atoms with Crippen molar-refractivity contribution in [2.75, 3.05) is 11.1 Å². The Morgan fingerprint density at radius 1 is 1.20 bits per heavy atom. The molecule has 20 heavy (non-hydrogen) atoms. The van der Waals surface area contributed by atoms with Crippen LogP contribution in [0.4, 0.5) is 11.4 Å². The summed E-state index contributed by atoms with van der Waals surface area (Å²) in [7, 11) is 0. The van der Waals surface area contributed by atoms with Gasteiger partial charge in [0.05, 0.1) is 5.69 Å². The first-order chi connectivity index (χ1) is 9.54. The van der Waals surface area contributed by atoms with E-state index in [1.165, 1.54) is 6.07 Å². The largest absolute Gasteiger partial charge is 0.507 e. The molecule has 1 aliphatic rings. The van der Waals surface area contributed by atoms with Gasteiger partial charge in [-0.15, -0.1) is 0 Å². The van der Waals surface area contributed by atoms with E-state index in [0.717, 1.165) is 5.56 Å². The highest BCUT2D eigenvalue weighted by molar-refractivity contribution is 6.35. The number of carbonyl (C=O) groups excluding carboxylic acids is 1. The number of amides is 1. The van der Waals surface area contributed by atoms with E-state index >= 15 is 0 Å². The first-order valence-electron chi connectivity index (χ1n) is 5.96. The molecule has 5 heteroatoms. The minimum atomic E-state index is -0.232. The molecule has 4 N–H and O–H groups in total. The van der Waals surface area contributed by atoms with Gasteiger partial charge in [0.1, 0.15) is 5.75 Å². The Bertz CT molecular complexity index is 754. The molecule has 2 aromatic rings. The zero-order chi connectivity index (χ0) is 14.3. The summed E-state index contributed by atoms with van der Waals surface area (Å²) in [5.74, 6) is -0.163. The van der Waals surface area contributed by atoms with Gasteiger partial charge in [-0.1, -0.05) is 17.7 Å². The number of hydrogen-bond acceptors (Lipinski definition) is 3. The number of nitrogens with one attached hydrogen (secondary N) is 1. The number of phenolic OH excluding ortho intramolecular Hbond substituents is 1. The highest BCUT2D eigenvalue weighted by Gasteiger charge is 2.24. The smallest absolute Gasteiger partial charge is 0.256 e. The molecule has 0 fully saturated rings. The molecule has 0 aliphatic carbocycles. The number of phenols is 1. The SMILES string of the molecule is Nc1ccc2c(c1)NC(=O)C2=Cc1cc(Cl)ccc1O. The number of hydrogen-bond donors (Lipinski definition) is 3. The lowest BCUT2D eigenvalue weighted by Crippen LogP contribution is -2.03. The Hall–Kier alpha value is -2.46. The molecule has 1 heterocycles. The Balaban J connectivity index is 2.13. The number of nitrogens with two attached hydrogens (primary N) is 1. The third-order valence-corrected chi connectivity index (χ3v) is 3.35. The Labute approximate surface area is 120 Å². The summed E-state index contributed by atoms with van der Waals surface area (Å²) in [6, 6.07) is 9.88. The Kier molecular flexibility index (Phi) is 2.88. The van der Waals surface area contributed by atoms with Crippen molar-refractivity contribution in [1.29, 1.82) is 0 Å². The summed E-state index contributed by atoms with van der Waals surface area (Å²) in [6.45, 7) is 0. The first kappa shape index (κ1) is 12.6. The maximum absolute atomic E-state index is 12.0. The highest BCUT2D eigenvalue weighted by Crippen LogP contribution is 2.35. The normalized spacial score (nSPS) is 15.2. The van der Waals surface area contributed by atoms with Gasteiger partial charge >= 0.3 is 0 Å². The summed E-state index contributed by atoms with van der Waals surface area (Å²) < 4.78 is 0. The quantitative estimate of drug-likeness (QED) is 0.557. The van der Waals surface area contributed by atoms with Crippen LogP contribution in [0, 0.1) is 0 Å². The first-order valence-corrected chi connectivity index (χ1v) is 6.34. The fourth-order valence-electron chi connectivity index (χ4n) is 2.15. The van der Waals surface area contributed by atoms with E-state index in [-0.39, 0.29) is 11.7 Å². The van der Waals surface area contributed by atoms with Crippen LogP contribution in [0.25, 0.3) is 11.6 Å². The fourth-order valence-corrected chi connectivity index (χ4v) is 2.33. The maximum Gasteiger partial charge on any atom is 0.256 e. The Morgan fingerprint density at radius 3 is 2.80 bits per heavy atom. The summed E-state index contributed by atoms with van der Waals surface area (Å²) in [6.07, 6.45) is 1.61.